The molecule has 11 heteroatoms. The number of carbonyl (C=O) groups is 1. The number of benzene rings is 1. The molecule has 0 radical (unpaired) electrons. The molecule has 0 saturated heterocycles. The average Bonchev–Trinajstić information content (AvgIpc) is 3.42. The molecule has 1 unspecified atom stereocenters. The molecule has 1 fully saturated rings. The van der Waals surface area contributed by atoms with Crippen LogP contribution < -0.4 is 9.62 Å². The summed E-state index contributed by atoms with van der Waals surface area (Å²) in [6.45, 7) is 0. The van der Waals surface area contributed by atoms with Crippen molar-refractivity contribution in [3.63, 3.8) is 0 Å². The lowest BCUT2D eigenvalue weighted by atomic mass is 10.3. The number of nitrogens with zero attached hydrogens (tertiary/aromatic N) is 5. The Morgan fingerprint density at radius 3 is 2.70 bits per heavy atom. The van der Waals surface area contributed by atoms with Gasteiger partial charge in [-0.3, -0.25) is 19.4 Å². The van der Waals surface area contributed by atoms with Crippen LogP contribution in [-0.2, 0) is 11.0 Å². The summed E-state index contributed by atoms with van der Waals surface area (Å²) in [4.78, 5) is 21.9. The lowest BCUT2D eigenvalue weighted by Gasteiger charge is -2.14. The summed E-state index contributed by atoms with van der Waals surface area (Å²) < 4.78 is 29.1. The Morgan fingerprint density at radius 2 is 2.00 bits per heavy atom. The topological polar surface area (TPSA) is 93.0 Å². The van der Waals surface area contributed by atoms with Gasteiger partial charge in [0.1, 0.15) is 28.2 Å². The number of anilines is 2. The van der Waals surface area contributed by atoms with Gasteiger partial charge in [-0.1, -0.05) is 6.07 Å². The number of thiazole rings is 1. The molecule has 33 heavy (non-hydrogen) atoms. The molecule has 3 aromatic heterocycles. The standard InChI is InChI=1S/C22H19FN6O2S2/c1-28(33(31)16-9-10-16)20-12-19(29(27-20)15-7-5-14(23)6-8-15)21(30)26-22-25-18(13-32-22)17-4-2-3-11-24-17/h2-8,11-13,16H,9-10H2,1H3,(H,25,26,30). The minimum atomic E-state index is -1.23. The summed E-state index contributed by atoms with van der Waals surface area (Å²) in [6.07, 6.45) is 3.50. The maximum absolute atomic E-state index is 13.5. The molecule has 3 heterocycles. The van der Waals surface area contributed by atoms with Crippen LogP contribution in [0.25, 0.3) is 17.1 Å². The second kappa shape index (κ2) is 8.83. The first kappa shape index (κ1) is 21.4. The number of pyridine rings is 1. The molecule has 5 rings (SSSR count). The van der Waals surface area contributed by atoms with Gasteiger partial charge < -0.3 is 0 Å². The van der Waals surface area contributed by atoms with Gasteiger partial charge in [0, 0.05) is 24.7 Å². The predicted molar refractivity (Wildman–Crippen MR) is 126 cm³/mol. The van der Waals surface area contributed by atoms with E-state index in [1.807, 2.05) is 23.6 Å². The molecule has 1 aromatic carbocycles. The van der Waals surface area contributed by atoms with Crippen molar-refractivity contribution >= 4 is 39.2 Å². The van der Waals surface area contributed by atoms with Crippen molar-refractivity contribution in [1.82, 2.24) is 19.7 Å². The molecule has 1 atom stereocenters. The smallest absolute Gasteiger partial charge is 0.276 e. The molecule has 0 spiro atoms. The number of hydrogen-bond donors (Lipinski definition) is 1. The van der Waals surface area contributed by atoms with E-state index in [0.717, 1.165) is 12.8 Å². The molecule has 1 N–H and O–H groups in total. The molecule has 1 aliphatic rings. The highest BCUT2D eigenvalue weighted by molar-refractivity contribution is 7.87. The number of amides is 1. The third-order valence-electron chi connectivity index (χ3n) is 5.05. The van der Waals surface area contributed by atoms with Gasteiger partial charge in [-0.15, -0.1) is 16.4 Å². The molecular weight excluding hydrogens is 463 g/mol. The van der Waals surface area contributed by atoms with E-state index in [9.17, 15) is 13.4 Å². The Kier molecular flexibility index (Phi) is 5.73. The predicted octanol–water partition coefficient (Wildman–Crippen LogP) is 4.04. The van der Waals surface area contributed by atoms with Crippen LogP contribution in [0.5, 0.6) is 0 Å². The summed E-state index contributed by atoms with van der Waals surface area (Å²) in [5.41, 5.74) is 2.08. The van der Waals surface area contributed by atoms with E-state index < -0.39 is 22.7 Å². The second-order valence-electron chi connectivity index (χ2n) is 7.46. The minimum Gasteiger partial charge on any atom is -0.296 e. The first-order valence-corrected chi connectivity index (χ1v) is 12.2. The quantitative estimate of drug-likeness (QED) is 0.429. The second-order valence-corrected chi connectivity index (χ2v) is 10.1. The Morgan fingerprint density at radius 1 is 1.21 bits per heavy atom. The fourth-order valence-corrected chi connectivity index (χ4v) is 5.13. The Bertz CT molecular complexity index is 1320. The number of rotatable bonds is 7. The number of aromatic nitrogens is 4. The molecule has 1 amide bonds. The maximum atomic E-state index is 13.5. The zero-order chi connectivity index (χ0) is 22.9. The van der Waals surface area contributed by atoms with Gasteiger partial charge in [-0.25, -0.2) is 18.3 Å². The van der Waals surface area contributed by atoms with Gasteiger partial charge in [0.15, 0.2) is 10.9 Å². The lowest BCUT2D eigenvalue weighted by Crippen LogP contribution is -2.23. The van der Waals surface area contributed by atoms with E-state index in [4.69, 9.17) is 0 Å². The van der Waals surface area contributed by atoms with Crippen LogP contribution in [0.15, 0.2) is 60.1 Å². The minimum absolute atomic E-state index is 0.114. The summed E-state index contributed by atoms with van der Waals surface area (Å²) in [5.74, 6) is -0.442. The molecule has 1 saturated carbocycles. The highest BCUT2D eigenvalue weighted by Crippen LogP contribution is 2.30. The van der Waals surface area contributed by atoms with Crippen molar-refractivity contribution in [2.24, 2.45) is 0 Å². The average molecular weight is 483 g/mol. The summed E-state index contributed by atoms with van der Waals surface area (Å²) >= 11 is 1.28. The van der Waals surface area contributed by atoms with Crippen LogP contribution in [-0.4, -0.2) is 42.2 Å². The largest absolute Gasteiger partial charge is 0.296 e. The third-order valence-corrected chi connectivity index (χ3v) is 7.58. The van der Waals surface area contributed by atoms with E-state index in [1.165, 1.54) is 40.3 Å². The maximum Gasteiger partial charge on any atom is 0.276 e. The SMILES string of the molecule is CN(c1cc(C(=O)Nc2nc(-c3ccccn3)cs2)n(-c2ccc(F)cc2)n1)S(=O)C1CC1. The van der Waals surface area contributed by atoms with Crippen molar-refractivity contribution in [3.05, 3.63) is 71.6 Å². The lowest BCUT2D eigenvalue weighted by molar-refractivity contribution is 0.101. The molecular formula is C22H19FN6O2S2. The fourth-order valence-electron chi connectivity index (χ4n) is 3.17. The normalized spacial score (nSPS) is 14.1. The molecule has 0 bridgehead atoms. The van der Waals surface area contributed by atoms with E-state index in [2.05, 4.69) is 20.4 Å². The van der Waals surface area contributed by atoms with E-state index in [0.29, 0.717) is 28.0 Å². The van der Waals surface area contributed by atoms with Crippen molar-refractivity contribution in [3.8, 4) is 17.1 Å². The zero-order valence-electron chi connectivity index (χ0n) is 17.5. The van der Waals surface area contributed by atoms with Crippen molar-refractivity contribution in [1.29, 1.82) is 0 Å². The summed E-state index contributed by atoms with van der Waals surface area (Å²) in [7, 11) is 0.456. The van der Waals surface area contributed by atoms with Gasteiger partial charge in [0.2, 0.25) is 0 Å². The van der Waals surface area contributed by atoms with Crippen molar-refractivity contribution in [2.45, 2.75) is 18.1 Å². The highest BCUT2D eigenvalue weighted by Gasteiger charge is 2.33. The molecule has 4 aromatic rings. The van der Waals surface area contributed by atoms with Crippen LogP contribution in [0, 0.1) is 5.82 Å². The van der Waals surface area contributed by atoms with Crippen LogP contribution in [0.2, 0.25) is 0 Å². The van der Waals surface area contributed by atoms with E-state index in [1.54, 1.807) is 23.6 Å². The number of hydrogen-bond acceptors (Lipinski definition) is 6. The fraction of sp³-hybridized carbons (Fsp3) is 0.182. The van der Waals surface area contributed by atoms with E-state index >= 15 is 0 Å². The Balaban J connectivity index is 1.45. The molecule has 1 aliphatic carbocycles. The molecule has 168 valence electrons. The highest BCUT2D eigenvalue weighted by atomic mass is 32.2. The van der Waals surface area contributed by atoms with Crippen LogP contribution in [0.3, 0.4) is 0 Å². The van der Waals surface area contributed by atoms with Crippen LogP contribution in [0.1, 0.15) is 23.3 Å². The summed E-state index contributed by atoms with van der Waals surface area (Å²) in [6, 6.07) is 12.8. The number of halogens is 1. The van der Waals surface area contributed by atoms with Gasteiger partial charge >= 0.3 is 0 Å². The van der Waals surface area contributed by atoms with Gasteiger partial charge in [0.05, 0.1) is 16.6 Å². The summed E-state index contributed by atoms with van der Waals surface area (Å²) in [5, 5.41) is 9.63. The number of nitrogens with one attached hydrogen (secondary N) is 1. The third kappa shape index (κ3) is 4.55. The van der Waals surface area contributed by atoms with Crippen LogP contribution >= 0.6 is 11.3 Å². The first-order chi connectivity index (χ1) is 16.0. The first-order valence-electron chi connectivity index (χ1n) is 10.2. The molecule has 8 nitrogen and oxygen atoms in total. The van der Waals surface area contributed by atoms with Crippen LogP contribution in [0.4, 0.5) is 15.3 Å². The van der Waals surface area contributed by atoms with Crippen molar-refractivity contribution < 1.29 is 13.4 Å². The van der Waals surface area contributed by atoms with E-state index in [-0.39, 0.29) is 10.9 Å². The van der Waals surface area contributed by atoms with Gasteiger partial charge in [0.25, 0.3) is 5.91 Å². The Hall–Kier alpha value is -3.44. The van der Waals surface area contributed by atoms with Crippen molar-refractivity contribution in [2.75, 3.05) is 16.7 Å². The molecule has 0 aliphatic heterocycles. The van der Waals surface area contributed by atoms with Gasteiger partial charge in [-0.05, 0) is 49.2 Å². The number of carbonyl (C=O) groups excluding carboxylic acids is 1. The van der Waals surface area contributed by atoms with Gasteiger partial charge in [-0.2, -0.15) is 0 Å². The monoisotopic (exact) mass is 482 g/mol. The zero-order valence-corrected chi connectivity index (χ0v) is 19.1. The Labute approximate surface area is 195 Å².